The van der Waals surface area contributed by atoms with Gasteiger partial charge < -0.3 is 19.4 Å². The number of nitrogens with zero attached hydrogens (tertiary/aromatic N) is 1. The molecular weight excluding hydrogens is 452 g/mol. The van der Waals surface area contributed by atoms with E-state index in [0.29, 0.717) is 51.5 Å². The van der Waals surface area contributed by atoms with Crippen LogP contribution in [0.25, 0.3) is 22.0 Å². The number of rotatable bonds is 5. The molecule has 34 heavy (non-hydrogen) atoms. The van der Waals surface area contributed by atoms with Crippen molar-refractivity contribution in [1.29, 1.82) is 0 Å². The zero-order chi connectivity index (χ0) is 23.8. The fourth-order valence-corrected chi connectivity index (χ4v) is 4.81. The Hall–Kier alpha value is -3.77. The summed E-state index contributed by atoms with van der Waals surface area (Å²) < 4.78 is 12.7. The summed E-state index contributed by atoms with van der Waals surface area (Å²) in [5.41, 5.74) is 3.52. The highest BCUT2D eigenvalue weighted by Gasteiger charge is 2.28. The average molecular weight is 475 g/mol. The van der Waals surface area contributed by atoms with E-state index < -0.39 is 0 Å². The molecule has 0 saturated heterocycles. The van der Waals surface area contributed by atoms with Gasteiger partial charge in [0.25, 0.3) is 11.5 Å². The van der Waals surface area contributed by atoms with E-state index in [4.69, 9.17) is 21.1 Å². The van der Waals surface area contributed by atoms with Crippen LogP contribution in [0.4, 0.5) is 0 Å². The van der Waals surface area contributed by atoms with Crippen LogP contribution >= 0.6 is 11.6 Å². The second-order valence-corrected chi connectivity index (χ2v) is 8.52. The highest BCUT2D eigenvalue weighted by atomic mass is 35.5. The van der Waals surface area contributed by atoms with Gasteiger partial charge in [-0.25, -0.2) is 0 Å². The van der Waals surface area contributed by atoms with Crippen molar-refractivity contribution in [3.63, 3.8) is 0 Å². The van der Waals surface area contributed by atoms with Gasteiger partial charge in [-0.15, -0.1) is 0 Å². The Bertz CT molecular complexity index is 1490. The van der Waals surface area contributed by atoms with Crippen molar-refractivity contribution in [3.8, 4) is 22.8 Å². The van der Waals surface area contributed by atoms with Gasteiger partial charge in [0.1, 0.15) is 0 Å². The number of carbonyl (C=O) groups is 1. The van der Waals surface area contributed by atoms with E-state index in [1.54, 1.807) is 30.9 Å². The molecule has 1 aliphatic rings. The summed E-state index contributed by atoms with van der Waals surface area (Å²) in [6.45, 7) is 0.733. The third kappa shape index (κ3) is 3.60. The number of nitrogens with one attached hydrogen (secondary N) is 1. The van der Waals surface area contributed by atoms with Gasteiger partial charge >= 0.3 is 0 Å². The largest absolute Gasteiger partial charge is 0.493 e. The van der Waals surface area contributed by atoms with Gasteiger partial charge in [-0.2, -0.15) is 0 Å². The fourth-order valence-electron chi connectivity index (χ4n) is 4.61. The number of carbonyl (C=O) groups excluding carboxylic acids is 1. The molecule has 172 valence electrons. The van der Waals surface area contributed by atoms with Crippen LogP contribution in [0.3, 0.4) is 0 Å². The van der Waals surface area contributed by atoms with Crippen LogP contribution in [0, 0.1) is 0 Å². The molecule has 0 fully saturated rings. The molecule has 2 heterocycles. The molecule has 0 bridgehead atoms. The summed E-state index contributed by atoms with van der Waals surface area (Å²) in [5.74, 6) is 0.878. The lowest BCUT2D eigenvalue weighted by Crippen LogP contribution is -2.32. The summed E-state index contributed by atoms with van der Waals surface area (Å²) >= 11 is 6.29. The van der Waals surface area contributed by atoms with Crippen LogP contribution in [0.2, 0.25) is 5.02 Å². The molecule has 7 heteroatoms. The minimum atomic E-state index is -0.275. The Morgan fingerprint density at radius 2 is 1.68 bits per heavy atom. The monoisotopic (exact) mass is 474 g/mol. The second-order valence-electron chi connectivity index (χ2n) is 8.11. The molecule has 1 aliphatic heterocycles. The molecule has 0 aliphatic carbocycles. The zero-order valence-corrected chi connectivity index (χ0v) is 19.6. The van der Waals surface area contributed by atoms with Crippen LogP contribution in [-0.2, 0) is 19.5 Å². The standard InChI is InChI=1S/C27H23ClN2O4/c1-33-22-13-16-11-12-30-25(20(16)14-23(22)34-2)24(18-8-4-5-9-19(18)27(30)32)26(31)29-15-17-7-3-6-10-21(17)28/h3-10,13-14H,11-12,15H2,1-2H3,(H,29,31). The van der Waals surface area contributed by atoms with Crippen LogP contribution in [0.1, 0.15) is 21.5 Å². The maximum atomic E-state index is 13.7. The lowest BCUT2D eigenvalue weighted by molar-refractivity contribution is 0.0952. The van der Waals surface area contributed by atoms with Crippen molar-refractivity contribution in [1.82, 2.24) is 9.88 Å². The number of methoxy groups -OCH3 is 2. The molecule has 4 aromatic rings. The predicted octanol–water partition coefficient (Wildman–Crippen LogP) is 4.83. The van der Waals surface area contributed by atoms with Gasteiger partial charge in [-0.3, -0.25) is 9.59 Å². The molecule has 0 atom stereocenters. The minimum Gasteiger partial charge on any atom is -0.493 e. The van der Waals surface area contributed by atoms with Crippen LogP contribution < -0.4 is 20.3 Å². The van der Waals surface area contributed by atoms with Crippen molar-refractivity contribution in [2.75, 3.05) is 14.2 Å². The fraction of sp³-hybridized carbons (Fsp3) is 0.185. The Morgan fingerprint density at radius 1 is 1.00 bits per heavy atom. The number of amides is 1. The number of aromatic nitrogens is 1. The SMILES string of the molecule is COc1cc2c(cc1OC)-c1c(C(=O)NCc3ccccc3Cl)c3ccccc3c(=O)n1CC2. The zero-order valence-electron chi connectivity index (χ0n) is 18.9. The van der Waals surface area contributed by atoms with Crippen LogP contribution in [0.5, 0.6) is 11.5 Å². The molecule has 6 nitrogen and oxygen atoms in total. The first-order chi connectivity index (χ1) is 16.5. The summed E-state index contributed by atoms with van der Waals surface area (Å²) in [6.07, 6.45) is 0.640. The van der Waals surface area contributed by atoms with Crippen LogP contribution in [0.15, 0.2) is 65.5 Å². The van der Waals surface area contributed by atoms with Gasteiger partial charge in [0, 0.05) is 34.4 Å². The van der Waals surface area contributed by atoms with E-state index in [9.17, 15) is 9.59 Å². The average Bonchev–Trinajstić information content (AvgIpc) is 2.87. The van der Waals surface area contributed by atoms with Gasteiger partial charge in [-0.05, 0) is 41.8 Å². The van der Waals surface area contributed by atoms with Crippen molar-refractivity contribution in [2.45, 2.75) is 19.5 Å². The molecule has 0 saturated carbocycles. The number of ether oxygens (including phenoxy) is 2. The van der Waals surface area contributed by atoms with Gasteiger partial charge in [0.2, 0.25) is 0 Å². The number of fused-ring (bicyclic) bond motifs is 4. The van der Waals surface area contributed by atoms with Crippen molar-refractivity contribution >= 4 is 28.3 Å². The molecule has 1 amide bonds. The highest BCUT2D eigenvalue weighted by Crippen LogP contribution is 2.40. The number of aryl methyl sites for hydroxylation is 1. The van der Waals surface area contributed by atoms with Crippen LogP contribution in [-0.4, -0.2) is 24.7 Å². The van der Waals surface area contributed by atoms with E-state index in [-0.39, 0.29) is 18.0 Å². The Kier molecular flexibility index (Phi) is 5.75. The van der Waals surface area contributed by atoms with Crippen molar-refractivity contribution in [2.24, 2.45) is 0 Å². The third-order valence-electron chi connectivity index (χ3n) is 6.27. The normalized spacial score (nSPS) is 12.1. The Balaban J connectivity index is 1.72. The molecule has 3 aromatic carbocycles. The molecule has 0 spiro atoms. The van der Waals surface area contributed by atoms with Gasteiger partial charge in [-0.1, -0.05) is 48.0 Å². The molecular formula is C27H23ClN2O4. The molecule has 1 aromatic heterocycles. The quantitative estimate of drug-likeness (QED) is 0.450. The van der Waals surface area contributed by atoms with E-state index in [1.807, 2.05) is 48.5 Å². The maximum absolute atomic E-state index is 13.7. The smallest absolute Gasteiger partial charge is 0.258 e. The first kappa shape index (κ1) is 22.0. The van der Waals surface area contributed by atoms with E-state index in [2.05, 4.69) is 5.32 Å². The molecule has 0 radical (unpaired) electrons. The first-order valence-corrected chi connectivity index (χ1v) is 11.3. The number of hydrogen-bond acceptors (Lipinski definition) is 4. The summed E-state index contributed by atoms with van der Waals surface area (Å²) in [4.78, 5) is 27.1. The first-order valence-electron chi connectivity index (χ1n) is 11.0. The summed E-state index contributed by atoms with van der Waals surface area (Å²) in [7, 11) is 3.16. The maximum Gasteiger partial charge on any atom is 0.258 e. The van der Waals surface area contributed by atoms with Crippen molar-refractivity contribution in [3.05, 3.63) is 92.7 Å². The topological polar surface area (TPSA) is 69.6 Å². The number of pyridine rings is 1. The van der Waals surface area contributed by atoms with Gasteiger partial charge in [0.15, 0.2) is 11.5 Å². The lowest BCUT2D eigenvalue weighted by Gasteiger charge is -2.26. The summed E-state index contributed by atoms with van der Waals surface area (Å²) in [5, 5.41) is 4.71. The van der Waals surface area contributed by atoms with Crippen molar-refractivity contribution < 1.29 is 14.3 Å². The third-order valence-corrected chi connectivity index (χ3v) is 6.64. The Labute approximate surface area is 201 Å². The lowest BCUT2D eigenvalue weighted by atomic mass is 9.91. The van der Waals surface area contributed by atoms with E-state index >= 15 is 0 Å². The minimum absolute atomic E-state index is 0.117. The Morgan fingerprint density at radius 3 is 2.41 bits per heavy atom. The molecule has 5 rings (SSSR count). The highest BCUT2D eigenvalue weighted by molar-refractivity contribution is 6.31. The summed E-state index contributed by atoms with van der Waals surface area (Å²) in [6, 6.07) is 18.4. The number of benzene rings is 3. The number of halogens is 1. The van der Waals surface area contributed by atoms with E-state index in [0.717, 1.165) is 16.7 Å². The second kappa shape index (κ2) is 8.88. The van der Waals surface area contributed by atoms with E-state index in [1.165, 1.54) is 0 Å². The molecule has 0 unspecified atom stereocenters. The van der Waals surface area contributed by atoms with Gasteiger partial charge in [0.05, 0.1) is 25.5 Å². The molecule has 1 N–H and O–H groups in total. The predicted molar refractivity (Wildman–Crippen MR) is 133 cm³/mol. The number of hydrogen-bond donors (Lipinski definition) is 1.